The summed E-state index contributed by atoms with van der Waals surface area (Å²) in [4.78, 5) is 35.5. The molecular weight excluding hydrogens is 258 g/mol. The minimum absolute atomic E-state index is 0.00708. The van der Waals surface area contributed by atoms with Crippen molar-refractivity contribution in [1.82, 2.24) is 4.90 Å². The van der Waals surface area contributed by atoms with Gasteiger partial charge in [-0.1, -0.05) is 6.58 Å². The molecule has 20 heavy (non-hydrogen) atoms. The van der Waals surface area contributed by atoms with E-state index in [1.54, 1.807) is 11.8 Å². The van der Waals surface area contributed by atoms with Gasteiger partial charge < -0.3 is 9.64 Å². The number of ether oxygens (including phenoxy) is 1. The first-order valence-electron chi connectivity index (χ1n) is 6.91. The predicted molar refractivity (Wildman–Crippen MR) is 77.2 cm³/mol. The van der Waals surface area contributed by atoms with E-state index in [1.165, 1.54) is 6.92 Å². The Morgan fingerprint density at radius 3 is 2.15 bits per heavy atom. The molecule has 5 nitrogen and oxygen atoms in total. The van der Waals surface area contributed by atoms with Crippen molar-refractivity contribution >= 4 is 17.7 Å². The largest absolute Gasteiger partial charge is 0.462 e. The number of ketones is 1. The summed E-state index contributed by atoms with van der Waals surface area (Å²) in [5.74, 6) is -1.25. The Bertz CT molecular complexity index is 374. The van der Waals surface area contributed by atoms with Gasteiger partial charge >= 0.3 is 5.97 Å². The summed E-state index contributed by atoms with van der Waals surface area (Å²) in [6.07, 6.45) is 2.35. The highest BCUT2D eigenvalue weighted by Crippen LogP contribution is 2.05. The summed E-state index contributed by atoms with van der Waals surface area (Å²) in [7, 11) is 0. The third-order valence-corrected chi connectivity index (χ3v) is 2.81. The van der Waals surface area contributed by atoms with E-state index in [-0.39, 0.29) is 12.0 Å². The molecule has 0 atom stereocenters. The van der Waals surface area contributed by atoms with Crippen LogP contribution in [0.5, 0.6) is 0 Å². The van der Waals surface area contributed by atoms with Crippen LogP contribution in [0.3, 0.4) is 0 Å². The standard InChI is InChI=1S/C15H25NO4/c1-11(2)15(19)20-10-8-6-7-9-16(12(3)4)14(18)13(5)17/h12H,1,6-10H2,2-5H3. The third kappa shape index (κ3) is 7.07. The molecule has 0 saturated heterocycles. The first-order chi connectivity index (χ1) is 9.27. The molecule has 0 unspecified atom stereocenters. The van der Waals surface area contributed by atoms with Gasteiger partial charge in [0.25, 0.3) is 5.91 Å². The zero-order valence-corrected chi connectivity index (χ0v) is 12.9. The number of nitrogens with zero attached hydrogens (tertiary/aromatic N) is 1. The smallest absolute Gasteiger partial charge is 0.333 e. The number of unbranched alkanes of at least 4 members (excludes halogenated alkanes) is 2. The van der Waals surface area contributed by atoms with E-state index in [1.807, 2.05) is 13.8 Å². The number of esters is 1. The lowest BCUT2D eigenvalue weighted by atomic mass is 10.2. The SMILES string of the molecule is C=C(C)C(=O)OCCCCCN(C(=O)C(C)=O)C(C)C. The van der Waals surface area contributed by atoms with Gasteiger partial charge in [0.2, 0.25) is 5.78 Å². The average Bonchev–Trinajstić information content (AvgIpc) is 2.35. The normalized spacial score (nSPS) is 10.2. The maximum atomic E-state index is 11.7. The van der Waals surface area contributed by atoms with Crippen molar-refractivity contribution < 1.29 is 19.1 Å². The summed E-state index contributed by atoms with van der Waals surface area (Å²) in [5.41, 5.74) is 0.392. The minimum Gasteiger partial charge on any atom is -0.462 e. The molecular formula is C15H25NO4. The summed E-state index contributed by atoms with van der Waals surface area (Å²) >= 11 is 0. The van der Waals surface area contributed by atoms with Crippen LogP contribution in [0.4, 0.5) is 0 Å². The van der Waals surface area contributed by atoms with Crippen LogP contribution in [0, 0.1) is 0 Å². The first-order valence-corrected chi connectivity index (χ1v) is 6.91. The molecule has 1 amide bonds. The maximum absolute atomic E-state index is 11.7. The zero-order chi connectivity index (χ0) is 15.7. The summed E-state index contributed by atoms with van der Waals surface area (Å²) in [5, 5.41) is 0. The zero-order valence-electron chi connectivity index (χ0n) is 12.9. The summed E-state index contributed by atoms with van der Waals surface area (Å²) < 4.78 is 4.97. The predicted octanol–water partition coefficient (Wildman–Crippen LogP) is 2.10. The number of hydrogen-bond acceptors (Lipinski definition) is 4. The number of hydrogen-bond donors (Lipinski definition) is 0. The van der Waals surface area contributed by atoms with Crippen molar-refractivity contribution in [3.63, 3.8) is 0 Å². The molecule has 0 heterocycles. The Morgan fingerprint density at radius 1 is 1.10 bits per heavy atom. The lowest BCUT2D eigenvalue weighted by Crippen LogP contribution is -2.41. The summed E-state index contributed by atoms with van der Waals surface area (Å²) in [6, 6.07) is 0.00708. The van der Waals surface area contributed by atoms with Crippen LogP contribution >= 0.6 is 0 Å². The van der Waals surface area contributed by atoms with Crippen LogP contribution in [0.2, 0.25) is 0 Å². The fraction of sp³-hybridized carbons (Fsp3) is 0.667. The Kier molecular flexibility index (Phi) is 8.52. The van der Waals surface area contributed by atoms with Gasteiger partial charge in [-0.3, -0.25) is 9.59 Å². The molecule has 0 aliphatic carbocycles. The first kappa shape index (κ1) is 18.4. The molecule has 0 spiro atoms. The van der Waals surface area contributed by atoms with Crippen molar-refractivity contribution in [3.05, 3.63) is 12.2 Å². The Balaban J connectivity index is 3.91. The minimum atomic E-state index is -0.436. The highest BCUT2D eigenvalue weighted by Gasteiger charge is 2.19. The van der Waals surface area contributed by atoms with E-state index in [9.17, 15) is 14.4 Å². The van der Waals surface area contributed by atoms with Crippen LogP contribution in [0.25, 0.3) is 0 Å². The fourth-order valence-electron chi connectivity index (χ4n) is 1.65. The maximum Gasteiger partial charge on any atom is 0.333 e. The summed E-state index contributed by atoms with van der Waals surface area (Å²) in [6.45, 7) is 11.1. The molecule has 0 aromatic heterocycles. The van der Waals surface area contributed by atoms with Gasteiger partial charge in [-0.15, -0.1) is 0 Å². The number of carbonyl (C=O) groups is 3. The molecule has 0 fully saturated rings. The highest BCUT2D eigenvalue weighted by atomic mass is 16.5. The molecule has 5 heteroatoms. The molecule has 0 aliphatic rings. The topological polar surface area (TPSA) is 63.7 Å². The molecule has 0 bridgehead atoms. The van der Waals surface area contributed by atoms with E-state index < -0.39 is 11.7 Å². The van der Waals surface area contributed by atoms with Crippen LogP contribution in [-0.2, 0) is 19.1 Å². The van der Waals surface area contributed by atoms with E-state index >= 15 is 0 Å². The number of Topliss-reactive ketones (excluding diaryl/α,β-unsaturated/α-hetero) is 1. The third-order valence-electron chi connectivity index (χ3n) is 2.81. The Morgan fingerprint density at radius 2 is 1.70 bits per heavy atom. The van der Waals surface area contributed by atoms with Gasteiger partial charge in [-0.2, -0.15) is 0 Å². The number of rotatable bonds is 9. The fourth-order valence-corrected chi connectivity index (χ4v) is 1.65. The monoisotopic (exact) mass is 283 g/mol. The molecule has 0 radical (unpaired) electrons. The van der Waals surface area contributed by atoms with Crippen LogP contribution < -0.4 is 0 Å². The van der Waals surface area contributed by atoms with Gasteiger partial charge in [-0.25, -0.2) is 4.79 Å². The number of amides is 1. The van der Waals surface area contributed by atoms with Crippen LogP contribution in [0.15, 0.2) is 12.2 Å². The van der Waals surface area contributed by atoms with Crippen molar-refractivity contribution in [1.29, 1.82) is 0 Å². The van der Waals surface area contributed by atoms with Crippen molar-refractivity contribution in [2.45, 2.75) is 53.0 Å². The second kappa shape index (κ2) is 9.28. The van der Waals surface area contributed by atoms with Gasteiger partial charge in [0, 0.05) is 25.1 Å². The van der Waals surface area contributed by atoms with E-state index in [0.717, 1.165) is 19.3 Å². The molecule has 0 saturated carbocycles. The molecule has 0 rings (SSSR count). The van der Waals surface area contributed by atoms with Crippen molar-refractivity contribution in [2.24, 2.45) is 0 Å². The molecule has 0 aromatic carbocycles. The lowest BCUT2D eigenvalue weighted by molar-refractivity contribution is -0.144. The van der Waals surface area contributed by atoms with Crippen molar-refractivity contribution in [2.75, 3.05) is 13.2 Å². The van der Waals surface area contributed by atoms with Gasteiger partial charge in [0.05, 0.1) is 6.61 Å². The van der Waals surface area contributed by atoms with E-state index in [4.69, 9.17) is 4.74 Å². The van der Waals surface area contributed by atoms with E-state index in [0.29, 0.717) is 18.7 Å². The highest BCUT2D eigenvalue weighted by molar-refractivity contribution is 6.35. The number of carbonyl (C=O) groups excluding carboxylic acids is 3. The molecule has 0 aliphatic heterocycles. The second-order valence-electron chi connectivity index (χ2n) is 5.13. The molecule has 114 valence electrons. The van der Waals surface area contributed by atoms with Crippen LogP contribution in [0.1, 0.15) is 47.0 Å². The average molecular weight is 283 g/mol. The quantitative estimate of drug-likeness (QED) is 0.281. The van der Waals surface area contributed by atoms with Crippen molar-refractivity contribution in [3.8, 4) is 0 Å². The molecule has 0 N–H and O–H groups in total. The van der Waals surface area contributed by atoms with Gasteiger partial charge in [-0.05, 0) is 40.0 Å². The second-order valence-corrected chi connectivity index (χ2v) is 5.13. The lowest BCUT2D eigenvalue weighted by Gasteiger charge is -2.25. The Hall–Kier alpha value is -1.65. The Labute approximate surface area is 121 Å². The van der Waals surface area contributed by atoms with Gasteiger partial charge in [0.1, 0.15) is 0 Å². The van der Waals surface area contributed by atoms with E-state index in [2.05, 4.69) is 6.58 Å². The van der Waals surface area contributed by atoms with Gasteiger partial charge in [0.15, 0.2) is 0 Å². The van der Waals surface area contributed by atoms with Crippen LogP contribution in [-0.4, -0.2) is 41.8 Å². The molecule has 0 aromatic rings.